The normalized spacial score (nSPS) is 24.1. The van der Waals surface area contributed by atoms with Gasteiger partial charge in [-0.05, 0) is 78.8 Å². The van der Waals surface area contributed by atoms with Gasteiger partial charge < -0.3 is 29.0 Å². The van der Waals surface area contributed by atoms with Crippen LogP contribution in [-0.2, 0) is 55.8 Å². The molecule has 5 rings (SSSR count). The predicted octanol–water partition coefficient (Wildman–Crippen LogP) is 5.52. The second-order valence-electron chi connectivity index (χ2n) is 13.1. The van der Waals surface area contributed by atoms with Crippen LogP contribution in [0.15, 0.2) is 72.8 Å². The predicted molar refractivity (Wildman–Crippen MR) is 182 cm³/mol. The van der Waals surface area contributed by atoms with Crippen molar-refractivity contribution in [1.29, 1.82) is 0 Å². The van der Waals surface area contributed by atoms with Crippen LogP contribution in [0.5, 0.6) is 0 Å². The molecule has 7 atom stereocenters. The van der Waals surface area contributed by atoms with Gasteiger partial charge in [0.1, 0.15) is 30.4 Å². The SMILES string of the molecule is CC(=O)OC[C@H]1O[C@H](Cc2ccc([C@@H]3[C@@H](CCCc4ccc(F)cc4)C(=O)N3c3ccc(F)cc3)cc2)[C@H](CC(=O)O)[C@@H](OC(C)=O)[C@H]1OC(C)=O. The van der Waals surface area contributed by atoms with E-state index in [0.717, 1.165) is 30.5 Å². The largest absolute Gasteiger partial charge is 0.481 e. The summed E-state index contributed by atoms with van der Waals surface area (Å²) in [5.74, 6) is -5.39. The van der Waals surface area contributed by atoms with E-state index in [1.807, 2.05) is 24.3 Å². The van der Waals surface area contributed by atoms with E-state index in [4.69, 9.17) is 18.9 Å². The van der Waals surface area contributed by atoms with Gasteiger partial charge in [0.05, 0.1) is 24.5 Å². The molecule has 2 saturated heterocycles. The number of aliphatic carboxylic acids is 1. The van der Waals surface area contributed by atoms with Crippen LogP contribution in [0.3, 0.4) is 0 Å². The third kappa shape index (κ3) is 9.38. The second kappa shape index (κ2) is 16.9. The van der Waals surface area contributed by atoms with Crippen LogP contribution < -0.4 is 4.90 Å². The van der Waals surface area contributed by atoms with Crippen molar-refractivity contribution in [3.8, 4) is 0 Å². The molecule has 13 heteroatoms. The average Bonchev–Trinajstić information content (AvgIpc) is 3.08. The van der Waals surface area contributed by atoms with Crippen LogP contribution in [0.1, 0.15) is 62.8 Å². The van der Waals surface area contributed by atoms with E-state index >= 15 is 0 Å². The number of esters is 3. The Morgan fingerprint density at radius 3 is 1.92 bits per heavy atom. The van der Waals surface area contributed by atoms with E-state index in [9.17, 15) is 37.9 Å². The van der Waals surface area contributed by atoms with Crippen LogP contribution >= 0.6 is 0 Å². The maximum atomic E-state index is 13.8. The Balaban J connectivity index is 1.39. The minimum Gasteiger partial charge on any atom is -0.481 e. The van der Waals surface area contributed by atoms with Gasteiger partial charge in [0.15, 0.2) is 6.10 Å². The summed E-state index contributed by atoms with van der Waals surface area (Å²) in [6.07, 6.45) is -2.78. The lowest BCUT2D eigenvalue weighted by molar-refractivity contribution is -0.234. The number of amides is 1. The van der Waals surface area contributed by atoms with Crippen molar-refractivity contribution in [2.24, 2.45) is 11.8 Å². The number of carbonyl (C=O) groups is 5. The third-order valence-electron chi connectivity index (χ3n) is 9.38. The molecule has 2 aliphatic rings. The molecule has 0 unspecified atom stereocenters. The Bertz CT molecular complexity index is 1750. The number of hydrogen-bond donors (Lipinski definition) is 1. The van der Waals surface area contributed by atoms with E-state index in [2.05, 4.69) is 0 Å². The summed E-state index contributed by atoms with van der Waals surface area (Å²) in [6, 6.07) is 19.0. The van der Waals surface area contributed by atoms with Crippen molar-refractivity contribution in [3.05, 3.63) is 101 Å². The van der Waals surface area contributed by atoms with Crippen molar-refractivity contribution in [2.45, 2.75) is 83.3 Å². The molecule has 0 saturated carbocycles. The number of aryl methyl sites for hydroxylation is 1. The van der Waals surface area contributed by atoms with Crippen LogP contribution in [-0.4, -0.2) is 65.9 Å². The van der Waals surface area contributed by atoms with Gasteiger partial charge in [0, 0.05) is 32.4 Å². The molecule has 2 heterocycles. The minimum atomic E-state index is -1.24. The molecular weight excluding hydrogens is 680 g/mol. The van der Waals surface area contributed by atoms with Crippen LogP contribution in [0.2, 0.25) is 0 Å². The van der Waals surface area contributed by atoms with Crippen LogP contribution in [0.25, 0.3) is 0 Å². The molecule has 0 bridgehead atoms. The number of nitrogens with zero attached hydrogens (tertiary/aromatic N) is 1. The molecule has 1 amide bonds. The molecule has 2 aliphatic heterocycles. The number of ether oxygens (including phenoxy) is 4. The summed E-state index contributed by atoms with van der Waals surface area (Å²) in [7, 11) is 0. The first-order valence-corrected chi connectivity index (χ1v) is 17.1. The first kappa shape index (κ1) is 38.1. The summed E-state index contributed by atoms with van der Waals surface area (Å²) < 4.78 is 49.6. The van der Waals surface area contributed by atoms with Gasteiger partial charge in [-0.2, -0.15) is 0 Å². The summed E-state index contributed by atoms with van der Waals surface area (Å²) in [6.45, 7) is 3.17. The fraction of sp³-hybridized carbons (Fsp3) is 0.410. The Hall–Kier alpha value is -5.17. The number of β-lactam (4-membered cyclic amide) rings is 1. The highest BCUT2D eigenvalue weighted by atomic mass is 19.1. The van der Waals surface area contributed by atoms with Crippen molar-refractivity contribution in [2.75, 3.05) is 11.5 Å². The van der Waals surface area contributed by atoms with Gasteiger partial charge in [-0.15, -0.1) is 0 Å². The molecule has 0 aliphatic carbocycles. The Kier molecular flexibility index (Phi) is 12.4. The lowest BCUT2D eigenvalue weighted by Gasteiger charge is -2.48. The molecule has 0 aromatic heterocycles. The van der Waals surface area contributed by atoms with Gasteiger partial charge >= 0.3 is 23.9 Å². The fourth-order valence-electron chi connectivity index (χ4n) is 7.09. The smallest absolute Gasteiger partial charge is 0.303 e. The average molecular weight is 722 g/mol. The van der Waals surface area contributed by atoms with Crippen LogP contribution in [0, 0.1) is 23.5 Å². The summed E-state index contributed by atoms with van der Waals surface area (Å²) >= 11 is 0. The van der Waals surface area contributed by atoms with Gasteiger partial charge in [-0.25, -0.2) is 8.78 Å². The maximum Gasteiger partial charge on any atom is 0.303 e. The Morgan fingerprint density at radius 2 is 1.35 bits per heavy atom. The molecule has 276 valence electrons. The number of carboxylic acids is 1. The summed E-state index contributed by atoms with van der Waals surface area (Å²) in [5.41, 5.74) is 3.07. The number of anilines is 1. The third-order valence-corrected chi connectivity index (χ3v) is 9.38. The minimum absolute atomic E-state index is 0.0930. The molecule has 52 heavy (non-hydrogen) atoms. The fourth-order valence-corrected chi connectivity index (χ4v) is 7.09. The second-order valence-corrected chi connectivity index (χ2v) is 13.1. The highest BCUT2D eigenvalue weighted by Gasteiger charge is 2.51. The standard InChI is InChI=1S/C39H41F2NO10/c1-22(43)49-21-34-38(51-24(3)45)37(50-23(2)44)32(20-35(46)47)33(52-34)19-26-7-11-27(12-8-26)36-31(6-4-5-25-9-13-28(40)14-10-25)39(48)42(36)30-17-15-29(41)16-18-30/h7-18,31-34,36-38H,4-6,19-21H2,1-3H3,(H,46,47)/t31-,32+,33-,34-,36-,37-,38+/m1/s1. The topological polar surface area (TPSA) is 146 Å². The molecule has 3 aromatic carbocycles. The molecular formula is C39H41F2NO10. The maximum absolute atomic E-state index is 13.8. The van der Waals surface area contributed by atoms with E-state index in [0.29, 0.717) is 24.9 Å². The molecule has 0 spiro atoms. The van der Waals surface area contributed by atoms with Crippen molar-refractivity contribution < 1.29 is 56.8 Å². The van der Waals surface area contributed by atoms with Crippen LogP contribution in [0.4, 0.5) is 14.5 Å². The zero-order chi connectivity index (χ0) is 37.5. The highest BCUT2D eigenvalue weighted by Crippen LogP contribution is 2.46. The van der Waals surface area contributed by atoms with Crippen molar-refractivity contribution >= 4 is 35.5 Å². The molecule has 0 radical (unpaired) electrons. The zero-order valence-electron chi connectivity index (χ0n) is 29.0. The number of carbonyl (C=O) groups excluding carboxylic acids is 4. The van der Waals surface area contributed by atoms with Gasteiger partial charge in [-0.1, -0.05) is 36.4 Å². The molecule has 3 aromatic rings. The highest BCUT2D eigenvalue weighted by molar-refractivity contribution is 6.03. The van der Waals surface area contributed by atoms with Gasteiger partial charge in [0.2, 0.25) is 5.91 Å². The summed E-state index contributed by atoms with van der Waals surface area (Å²) in [4.78, 5) is 63.1. The van der Waals surface area contributed by atoms with Gasteiger partial charge in [0.25, 0.3) is 0 Å². The number of hydrogen-bond acceptors (Lipinski definition) is 9. The number of halogens is 2. The first-order valence-electron chi connectivity index (χ1n) is 17.1. The van der Waals surface area contributed by atoms with Crippen molar-refractivity contribution in [1.82, 2.24) is 0 Å². The molecule has 1 N–H and O–H groups in total. The monoisotopic (exact) mass is 721 g/mol. The number of benzene rings is 3. The Labute approximate surface area is 299 Å². The van der Waals surface area contributed by atoms with E-state index in [-0.39, 0.29) is 36.7 Å². The number of rotatable bonds is 14. The Morgan fingerprint density at radius 1 is 0.769 bits per heavy atom. The van der Waals surface area contributed by atoms with E-state index in [1.54, 1.807) is 29.2 Å². The summed E-state index contributed by atoms with van der Waals surface area (Å²) in [5, 5.41) is 9.82. The quantitative estimate of drug-likeness (QED) is 0.128. The van der Waals surface area contributed by atoms with Crippen molar-refractivity contribution in [3.63, 3.8) is 0 Å². The lowest BCUT2D eigenvalue weighted by Crippen LogP contribution is -2.59. The lowest BCUT2D eigenvalue weighted by atomic mass is 9.78. The molecule has 11 nitrogen and oxygen atoms in total. The zero-order valence-corrected chi connectivity index (χ0v) is 29.0. The van der Waals surface area contributed by atoms with E-state index < -0.39 is 66.4 Å². The number of carboxylic acid groups (broad SMARTS) is 1. The first-order chi connectivity index (χ1) is 24.8. The molecule has 2 fully saturated rings. The van der Waals surface area contributed by atoms with Gasteiger partial charge in [-0.3, -0.25) is 24.0 Å². The van der Waals surface area contributed by atoms with E-state index in [1.165, 1.54) is 31.2 Å².